The lowest BCUT2D eigenvalue weighted by molar-refractivity contribution is -0.138. The standard InChI is InChI=1S/C27H43N7O10/c1-34(8-3-23-30-32-27(33-31-23)26-28-6-2-7-29-26)24(35)4-9-38-11-13-40-15-17-42-19-21-44-22-20-43-18-16-41-14-12-39-10-5-25(36)37/h2,6-7H,3-5,8-22H2,1H3,(H,36,37). The van der Waals surface area contributed by atoms with Crippen LogP contribution >= 0.6 is 0 Å². The van der Waals surface area contributed by atoms with Crippen LogP contribution in [-0.2, 0) is 49.2 Å². The van der Waals surface area contributed by atoms with Crippen LogP contribution in [0.5, 0.6) is 0 Å². The van der Waals surface area contributed by atoms with Crippen molar-refractivity contribution in [3.05, 3.63) is 24.3 Å². The summed E-state index contributed by atoms with van der Waals surface area (Å²) in [5.74, 6) is 0.0873. The van der Waals surface area contributed by atoms with Gasteiger partial charge in [-0.05, 0) is 6.07 Å². The lowest BCUT2D eigenvalue weighted by atomic mass is 10.3. The number of hydrogen-bond acceptors (Lipinski definition) is 15. The minimum absolute atomic E-state index is 0.0108. The van der Waals surface area contributed by atoms with Gasteiger partial charge in [0.05, 0.1) is 105 Å². The summed E-state index contributed by atoms with van der Waals surface area (Å²) in [5, 5.41) is 24.5. The number of likely N-dealkylation sites (N-methyl/N-ethyl adjacent to an activating group) is 1. The fraction of sp³-hybridized carbons (Fsp3) is 0.704. The molecule has 17 heteroatoms. The van der Waals surface area contributed by atoms with E-state index in [1.807, 2.05) is 0 Å². The average molecular weight is 626 g/mol. The van der Waals surface area contributed by atoms with Crippen LogP contribution in [0.1, 0.15) is 18.7 Å². The van der Waals surface area contributed by atoms with Crippen molar-refractivity contribution in [3.8, 4) is 11.6 Å². The second-order valence-corrected chi connectivity index (χ2v) is 8.96. The van der Waals surface area contributed by atoms with E-state index in [0.29, 0.717) is 111 Å². The van der Waals surface area contributed by atoms with Gasteiger partial charge in [0.15, 0.2) is 5.82 Å². The van der Waals surface area contributed by atoms with Crippen molar-refractivity contribution in [2.24, 2.45) is 0 Å². The Morgan fingerprint density at radius 1 is 0.614 bits per heavy atom. The number of nitrogens with zero attached hydrogens (tertiary/aromatic N) is 7. The van der Waals surface area contributed by atoms with Crippen LogP contribution in [0.15, 0.2) is 18.5 Å². The molecule has 0 saturated carbocycles. The molecular weight excluding hydrogens is 582 g/mol. The number of rotatable bonds is 28. The molecule has 0 unspecified atom stereocenters. The number of carboxylic acids is 1. The quantitative estimate of drug-likeness (QED) is 0.121. The maximum atomic E-state index is 12.3. The Labute approximate surface area is 256 Å². The molecule has 0 saturated heterocycles. The number of carbonyl (C=O) groups is 2. The number of carboxylic acid groups (broad SMARTS) is 1. The van der Waals surface area contributed by atoms with Crippen molar-refractivity contribution in [2.75, 3.05) is 106 Å². The molecule has 2 heterocycles. The van der Waals surface area contributed by atoms with Crippen LogP contribution in [0, 0.1) is 0 Å². The first-order valence-corrected chi connectivity index (χ1v) is 14.4. The number of ether oxygens (including phenoxy) is 7. The summed E-state index contributed by atoms with van der Waals surface area (Å²) in [6.07, 6.45) is 3.84. The fourth-order valence-electron chi connectivity index (χ4n) is 3.18. The molecule has 2 aromatic rings. The van der Waals surface area contributed by atoms with Gasteiger partial charge in [-0.25, -0.2) is 9.97 Å². The molecule has 1 N–H and O–H groups in total. The van der Waals surface area contributed by atoms with Gasteiger partial charge in [0.2, 0.25) is 17.6 Å². The molecule has 246 valence electrons. The highest BCUT2D eigenvalue weighted by Gasteiger charge is 2.11. The van der Waals surface area contributed by atoms with Gasteiger partial charge in [-0.3, -0.25) is 9.59 Å². The minimum atomic E-state index is -0.882. The summed E-state index contributed by atoms with van der Waals surface area (Å²) in [6, 6.07) is 1.69. The maximum Gasteiger partial charge on any atom is 0.305 e. The lowest BCUT2D eigenvalue weighted by Crippen LogP contribution is -2.30. The maximum absolute atomic E-state index is 12.3. The predicted octanol–water partition coefficient (Wildman–Crippen LogP) is -0.294. The van der Waals surface area contributed by atoms with Gasteiger partial charge in [-0.1, -0.05) is 0 Å². The van der Waals surface area contributed by atoms with Crippen molar-refractivity contribution in [3.63, 3.8) is 0 Å². The average Bonchev–Trinajstić information content (AvgIpc) is 3.04. The number of aliphatic carboxylic acids is 1. The van der Waals surface area contributed by atoms with E-state index < -0.39 is 5.97 Å². The topological polar surface area (TPSA) is 200 Å². The van der Waals surface area contributed by atoms with Crippen LogP contribution in [0.25, 0.3) is 11.6 Å². The number of hydrogen-bond donors (Lipinski definition) is 1. The Morgan fingerprint density at radius 3 is 1.45 bits per heavy atom. The van der Waals surface area contributed by atoms with Crippen LogP contribution in [0.3, 0.4) is 0 Å². The van der Waals surface area contributed by atoms with Crippen molar-refractivity contribution < 1.29 is 47.9 Å². The van der Waals surface area contributed by atoms with Gasteiger partial charge in [-0.2, -0.15) is 0 Å². The van der Waals surface area contributed by atoms with Gasteiger partial charge >= 0.3 is 5.97 Å². The van der Waals surface area contributed by atoms with Gasteiger partial charge in [0, 0.05) is 32.4 Å². The monoisotopic (exact) mass is 625 g/mol. The SMILES string of the molecule is CN(CCc1nnc(-c2ncccn2)nn1)C(=O)CCOCCOCCOCCOCCOCCOCCOCCC(=O)O. The highest BCUT2D eigenvalue weighted by atomic mass is 16.6. The molecule has 17 nitrogen and oxygen atoms in total. The first kappa shape index (κ1) is 36.9. The zero-order chi connectivity index (χ0) is 31.5. The van der Waals surface area contributed by atoms with E-state index in [4.69, 9.17) is 38.3 Å². The first-order valence-electron chi connectivity index (χ1n) is 14.4. The third kappa shape index (κ3) is 19.1. The zero-order valence-corrected chi connectivity index (χ0v) is 25.2. The van der Waals surface area contributed by atoms with E-state index in [0.717, 1.165) is 0 Å². The molecule has 1 amide bonds. The van der Waals surface area contributed by atoms with E-state index >= 15 is 0 Å². The van der Waals surface area contributed by atoms with E-state index in [-0.39, 0.29) is 31.2 Å². The molecule has 0 spiro atoms. The second-order valence-electron chi connectivity index (χ2n) is 8.96. The molecule has 2 aromatic heterocycles. The smallest absolute Gasteiger partial charge is 0.305 e. The molecule has 0 aromatic carbocycles. The number of carbonyl (C=O) groups excluding carboxylic acids is 1. The van der Waals surface area contributed by atoms with Crippen molar-refractivity contribution in [1.82, 2.24) is 35.3 Å². The van der Waals surface area contributed by atoms with Gasteiger partial charge in [0.1, 0.15) is 0 Å². The Hall–Kier alpha value is -3.32. The number of amides is 1. The van der Waals surface area contributed by atoms with E-state index in [9.17, 15) is 9.59 Å². The summed E-state index contributed by atoms with van der Waals surface area (Å²) in [5.41, 5.74) is 0. The van der Waals surface area contributed by atoms with Crippen LogP contribution in [-0.4, -0.2) is 158 Å². The van der Waals surface area contributed by atoms with Crippen molar-refractivity contribution in [2.45, 2.75) is 19.3 Å². The largest absolute Gasteiger partial charge is 0.481 e. The third-order valence-corrected chi connectivity index (χ3v) is 5.54. The van der Waals surface area contributed by atoms with Crippen LogP contribution in [0.4, 0.5) is 0 Å². The van der Waals surface area contributed by atoms with E-state index in [1.54, 1.807) is 30.4 Å². The van der Waals surface area contributed by atoms with Crippen LogP contribution in [0.2, 0.25) is 0 Å². The van der Waals surface area contributed by atoms with Crippen molar-refractivity contribution >= 4 is 11.9 Å². The molecule has 0 aliphatic carbocycles. The van der Waals surface area contributed by atoms with Crippen molar-refractivity contribution in [1.29, 1.82) is 0 Å². The van der Waals surface area contributed by atoms with E-state index in [1.165, 1.54) is 0 Å². The molecule has 2 rings (SSSR count). The summed E-state index contributed by atoms with van der Waals surface area (Å²) < 4.78 is 37.6. The van der Waals surface area contributed by atoms with Gasteiger partial charge < -0.3 is 43.2 Å². The van der Waals surface area contributed by atoms with E-state index in [2.05, 4.69) is 30.4 Å². The Balaban J connectivity index is 1.29. The van der Waals surface area contributed by atoms with Gasteiger partial charge in [-0.15, -0.1) is 20.4 Å². The van der Waals surface area contributed by atoms with Gasteiger partial charge in [0.25, 0.3) is 0 Å². The molecule has 0 bridgehead atoms. The third-order valence-electron chi connectivity index (χ3n) is 5.54. The number of aromatic nitrogens is 6. The lowest BCUT2D eigenvalue weighted by Gasteiger charge is -2.16. The predicted molar refractivity (Wildman–Crippen MR) is 153 cm³/mol. The molecule has 0 atom stereocenters. The Morgan fingerprint density at radius 2 is 1.02 bits per heavy atom. The Bertz CT molecular complexity index is 1010. The second kappa shape index (κ2) is 25.1. The summed E-state index contributed by atoms with van der Waals surface area (Å²) in [6.45, 7) is 6.02. The fourth-order valence-corrected chi connectivity index (χ4v) is 3.18. The Kier molecular flexibility index (Phi) is 21.0. The summed E-state index contributed by atoms with van der Waals surface area (Å²) in [7, 11) is 1.71. The molecule has 0 aliphatic rings. The summed E-state index contributed by atoms with van der Waals surface area (Å²) >= 11 is 0. The molecule has 0 aliphatic heterocycles. The highest BCUT2D eigenvalue weighted by Crippen LogP contribution is 2.04. The normalized spacial score (nSPS) is 11.1. The molecule has 0 fully saturated rings. The molecule has 0 radical (unpaired) electrons. The van der Waals surface area contributed by atoms with Crippen LogP contribution < -0.4 is 0 Å². The molecular formula is C27H43N7O10. The highest BCUT2D eigenvalue weighted by molar-refractivity contribution is 5.75. The zero-order valence-electron chi connectivity index (χ0n) is 25.2. The minimum Gasteiger partial charge on any atom is -0.481 e. The molecule has 44 heavy (non-hydrogen) atoms. The first-order chi connectivity index (χ1) is 21.6. The summed E-state index contributed by atoms with van der Waals surface area (Å²) in [4.78, 5) is 32.3.